The molecule has 1 aliphatic heterocycles. The average Bonchev–Trinajstić information content (AvgIpc) is 2.47. The third kappa shape index (κ3) is 3.93. The zero-order valence-corrected chi connectivity index (χ0v) is 12.7. The minimum atomic E-state index is 0.566. The zero-order valence-electron chi connectivity index (χ0n) is 11.2. The predicted molar refractivity (Wildman–Crippen MR) is 83.7 cm³/mol. The van der Waals surface area contributed by atoms with E-state index >= 15 is 0 Å². The molecule has 0 radical (unpaired) electrons. The lowest BCUT2D eigenvalue weighted by Gasteiger charge is -2.36. The van der Waals surface area contributed by atoms with Crippen LogP contribution in [0.3, 0.4) is 0 Å². The van der Waals surface area contributed by atoms with Crippen LogP contribution >= 0.6 is 23.2 Å². The molecule has 0 saturated carbocycles. The Morgan fingerprint density at radius 1 is 1.20 bits per heavy atom. The van der Waals surface area contributed by atoms with Crippen LogP contribution in [0.15, 0.2) is 23.3 Å². The van der Waals surface area contributed by atoms with Gasteiger partial charge in [-0.15, -0.1) is 0 Å². The van der Waals surface area contributed by atoms with Gasteiger partial charge in [-0.2, -0.15) is 0 Å². The molecule has 1 fully saturated rings. The molecule has 0 atom stereocenters. The Labute approximate surface area is 128 Å². The average molecular weight is 314 g/mol. The Morgan fingerprint density at radius 3 is 2.65 bits per heavy atom. The molecule has 0 bridgehead atoms. The second-order valence-corrected chi connectivity index (χ2v) is 5.49. The Morgan fingerprint density at radius 2 is 1.95 bits per heavy atom. The lowest BCUT2D eigenvalue weighted by Crippen LogP contribution is -2.46. The third-order valence-electron chi connectivity index (χ3n) is 3.44. The van der Waals surface area contributed by atoms with Crippen molar-refractivity contribution in [3.8, 4) is 0 Å². The predicted octanol–water partition coefficient (Wildman–Crippen LogP) is 3.82. The van der Waals surface area contributed by atoms with Crippen molar-refractivity contribution >= 4 is 28.9 Å². The van der Waals surface area contributed by atoms with E-state index in [4.69, 9.17) is 28.7 Å². The Kier molecular flexibility index (Phi) is 5.80. The highest BCUT2D eigenvalue weighted by Crippen LogP contribution is 2.32. The Bertz CT molecular complexity index is 494. The SMILES string of the molecule is [N-]=[N+]=NCCCN1CCN(c2cccc(Cl)c2Cl)CC1. The minimum absolute atomic E-state index is 0.566. The highest BCUT2D eigenvalue weighted by atomic mass is 35.5. The summed E-state index contributed by atoms with van der Waals surface area (Å²) >= 11 is 12.3. The van der Waals surface area contributed by atoms with Gasteiger partial charge in [-0.3, -0.25) is 4.90 Å². The summed E-state index contributed by atoms with van der Waals surface area (Å²) in [6.07, 6.45) is 0.905. The fraction of sp³-hybridized carbons (Fsp3) is 0.538. The maximum Gasteiger partial charge on any atom is 0.0825 e. The standard InChI is InChI=1S/C13H17Cl2N5/c14-11-3-1-4-12(13(11)15)20-9-7-19(8-10-20)6-2-5-17-18-16/h1,3-4H,2,5-10H2. The first-order valence-corrected chi connectivity index (χ1v) is 7.40. The molecule has 0 N–H and O–H groups in total. The molecule has 108 valence electrons. The van der Waals surface area contributed by atoms with Crippen LogP contribution in [0.4, 0.5) is 5.69 Å². The van der Waals surface area contributed by atoms with Gasteiger partial charge in [0.1, 0.15) is 0 Å². The van der Waals surface area contributed by atoms with Gasteiger partial charge in [-0.1, -0.05) is 34.4 Å². The first-order chi connectivity index (χ1) is 9.72. The van der Waals surface area contributed by atoms with Crippen molar-refractivity contribution in [3.05, 3.63) is 38.7 Å². The summed E-state index contributed by atoms with van der Waals surface area (Å²) in [5.74, 6) is 0. The van der Waals surface area contributed by atoms with Crippen molar-refractivity contribution in [1.29, 1.82) is 0 Å². The first kappa shape index (κ1) is 15.3. The topological polar surface area (TPSA) is 55.2 Å². The summed E-state index contributed by atoms with van der Waals surface area (Å²) in [7, 11) is 0. The summed E-state index contributed by atoms with van der Waals surface area (Å²) in [4.78, 5) is 7.40. The highest BCUT2D eigenvalue weighted by Gasteiger charge is 2.19. The van der Waals surface area contributed by atoms with Crippen LogP contribution in [-0.4, -0.2) is 44.2 Å². The van der Waals surface area contributed by atoms with Crippen LogP contribution in [0.1, 0.15) is 6.42 Å². The molecule has 0 aliphatic carbocycles. The quantitative estimate of drug-likeness (QED) is 0.359. The smallest absolute Gasteiger partial charge is 0.0825 e. The van der Waals surface area contributed by atoms with Crippen LogP contribution in [0.25, 0.3) is 10.4 Å². The summed E-state index contributed by atoms with van der Waals surface area (Å²) in [5, 5.41) is 4.78. The second-order valence-electron chi connectivity index (χ2n) is 4.71. The number of hydrogen-bond donors (Lipinski definition) is 0. The molecule has 0 aromatic heterocycles. The number of azide groups is 1. The number of nitrogens with zero attached hydrogens (tertiary/aromatic N) is 5. The van der Waals surface area contributed by atoms with E-state index in [1.165, 1.54) is 0 Å². The van der Waals surface area contributed by atoms with E-state index in [9.17, 15) is 0 Å². The Hall–Kier alpha value is -1.13. The molecule has 1 heterocycles. The van der Waals surface area contributed by atoms with Crippen LogP contribution in [0.5, 0.6) is 0 Å². The zero-order chi connectivity index (χ0) is 14.4. The molecule has 7 heteroatoms. The van der Waals surface area contributed by atoms with Gasteiger partial charge >= 0.3 is 0 Å². The maximum atomic E-state index is 8.23. The molecular formula is C13H17Cl2N5. The summed E-state index contributed by atoms with van der Waals surface area (Å²) in [6, 6.07) is 5.74. The van der Waals surface area contributed by atoms with Gasteiger partial charge in [0.15, 0.2) is 0 Å². The van der Waals surface area contributed by atoms with Crippen LogP contribution in [0.2, 0.25) is 10.0 Å². The first-order valence-electron chi connectivity index (χ1n) is 6.64. The molecule has 0 spiro atoms. The monoisotopic (exact) mass is 313 g/mol. The minimum Gasteiger partial charge on any atom is -0.368 e. The fourth-order valence-electron chi connectivity index (χ4n) is 2.36. The molecule has 1 aromatic carbocycles. The lowest BCUT2D eigenvalue weighted by molar-refractivity contribution is 0.256. The van der Waals surface area contributed by atoms with Crippen LogP contribution in [0, 0.1) is 0 Å². The fourth-order valence-corrected chi connectivity index (χ4v) is 2.77. The third-order valence-corrected chi connectivity index (χ3v) is 4.25. The van der Waals surface area contributed by atoms with Gasteiger partial charge < -0.3 is 4.90 Å². The molecule has 1 aromatic rings. The maximum absolute atomic E-state index is 8.23. The number of anilines is 1. The molecule has 0 unspecified atom stereocenters. The lowest BCUT2D eigenvalue weighted by atomic mass is 10.2. The van der Waals surface area contributed by atoms with Crippen molar-refractivity contribution in [2.24, 2.45) is 5.11 Å². The largest absolute Gasteiger partial charge is 0.368 e. The van der Waals surface area contributed by atoms with Crippen molar-refractivity contribution in [3.63, 3.8) is 0 Å². The molecule has 5 nitrogen and oxygen atoms in total. The van der Waals surface area contributed by atoms with Gasteiger partial charge in [0.05, 0.1) is 15.7 Å². The van der Waals surface area contributed by atoms with Crippen LogP contribution < -0.4 is 4.90 Å². The Balaban J connectivity index is 1.85. The van der Waals surface area contributed by atoms with E-state index in [1.54, 1.807) is 6.07 Å². The van der Waals surface area contributed by atoms with E-state index in [1.807, 2.05) is 12.1 Å². The van der Waals surface area contributed by atoms with Gasteiger partial charge in [-0.05, 0) is 30.6 Å². The second kappa shape index (κ2) is 7.60. The number of rotatable bonds is 5. The van der Waals surface area contributed by atoms with Crippen molar-refractivity contribution < 1.29 is 0 Å². The van der Waals surface area contributed by atoms with Crippen molar-refractivity contribution in [2.75, 3.05) is 44.2 Å². The van der Waals surface area contributed by atoms with E-state index in [2.05, 4.69) is 19.8 Å². The van der Waals surface area contributed by atoms with Gasteiger partial charge in [0.2, 0.25) is 0 Å². The summed E-state index contributed by atoms with van der Waals surface area (Å²) in [6.45, 7) is 5.37. The van der Waals surface area contributed by atoms with E-state index in [0.29, 0.717) is 16.6 Å². The molecule has 20 heavy (non-hydrogen) atoms. The van der Waals surface area contributed by atoms with Crippen LogP contribution in [-0.2, 0) is 0 Å². The molecule has 2 rings (SSSR count). The summed E-state index contributed by atoms with van der Waals surface area (Å²) in [5.41, 5.74) is 9.23. The molecule has 0 amide bonds. The van der Waals surface area contributed by atoms with Gasteiger partial charge in [0.25, 0.3) is 0 Å². The van der Waals surface area contributed by atoms with Crippen molar-refractivity contribution in [1.82, 2.24) is 4.90 Å². The molecular weight excluding hydrogens is 297 g/mol. The number of halogens is 2. The van der Waals surface area contributed by atoms with E-state index < -0.39 is 0 Å². The number of piperazine rings is 1. The number of benzene rings is 1. The summed E-state index contributed by atoms with van der Waals surface area (Å²) < 4.78 is 0. The van der Waals surface area contributed by atoms with Crippen molar-refractivity contribution in [2.45, 2.75) is 6.42 Å². The normalized spacial score (nSPS) is 16.0. The number of hydrogen-bond acceptors (Lipinski definition) is 3. The van der Waals surface area contributed by atoms with Gasteiger partial charge in [0, 0.05) is 37.6 Å². The molecule has 1 aliphatic rings. The van der Waals surface area contributed by atoms with Gasteiger partial charge in [-0.25, -0.2) is 0 Å². The van der Waals surface area contributed by atoms with E-state index in [-0.39, 0.29) is 0 Å². The van der Waals surface area contributed by atoms with E-state index in [0.717, 1.165) is 44.8 Å². The highest BCUT2D eigenvalue weighted by molar-refractivity contribution is 6.43. The molecule has 1 saturated heterocycles.